The van der Waals surface area contributed by atoms with Crippen LogP contribution in [0.2, 0.25) is 0 Å². The van der Waals surface area contributed by atoms with Gasteiger partial charge in [0, 0.05) is 26.1 Å². The molecule has 1 unspecified atom stereocenters. The normalized spacial score (nSPS) is 19.8. The Morgan fingerprint density at radius 3 is 2.71 bits per heavy atom. The first-order chi connectivity index (χ1) is 11.7. The van der Waals surface area contributed by atoms with Crippen LogP contribution in [0.5, 0.6) is 5.75 Å². The molecular formula is C19H21N3O2. The van der Waals surface area contributed by atoms with Crippen molar-refractivity contribution >= 4 is 17.3 Å². The van der Waals surface area contributed by atoms with Crippen molar-refractivity contribution in [2.45, 2.75) is 12.5 Å². The van der Waals surface area contributed by atoms with E-state index in [0.717, 1.165) is 47.9 Å². The van der Waals surface area contributed by atoms with Crippen molar-refractivity contribution in [3.05, 3.63) is 42.5 Å². The molecule has 1 fully saturated rings. The first-order valence-corrected chi connectivity index (χ1v) is 8.30. The molecule has 124 valence electrons. The van der Waals surface area contributed by atoms with E-state index in [0.29, 0.717) is 6.42 Å². The highest BCUT2D eigenvalue weighted by Gasteiger charge is 2.30. The van der Waals surface area contributed by atoms with Gasteiger partial charge in [-0.1, -0.05) is 18.2 Å². The van der Waals surface area contributed by atoms with Crippen LogP contribution in [-0.2, 0) is 4.79 Å². The molecule has 1 atom stereocenters. The zero-order valence-electron chi connectivity index (χ0n) is 13.7. The second-order valence-electron chi connectivity index (χ2n) is 6.26. The average molecular weight is 323 g/mol. The number of piperazine rings is 1. The zero-order chi connectivity index (χ0) is 16.5. The SMILES string of the molecule is COc1ccc(-c2ccc3c(c2)N2CCNCC2CC(=O)N3)cc1. The second-order valence-corrected chi connectivity index (χ2v) is 6.26. The minimum absolute atomic E-state index is 0.0876. The van der Waals surface area contributed by atoms with Gasteiger partial charge in [-0.15, -0.1) is 0 Å². The fraction of sp³-hybridized carbons (Fsp3) is 0.316. The Kier molecular flexibility index (Phi) is 3.86. The van der Waals surface area contributed by atoms with Gasteiger partial charge in [-0.2, -0.15) is 0 Å². The van der Waals surface area contributed by atoms with Crippen LogP contribution in [0, 0.1) is 0 Å². The number of anilines is 2. The third-order valence-corrected chi connectivity index (χ3v) is 4.78. The number of hydrogen-bond acceptors (Lipinski definition) is 4. The largest absolute Gasteiger partial charge is 0.497 e. The van der Waals surface area contributed by atoms with Crippen molar-refractivity contribution < 1.29 is 9.53 Å². The number of nitrogens with one attached hydrogen (secondary N) is 2. The summed E-state index contributed by atoms with van der Waals surface area (Å²) < 4.78 is 5.23. The average Bonchev–Trinajstić information content (AvgIpc) is 2.76. The predicted octanol–water partition coefficient (Wildman–Crippen LogP) is 2.48. The summed E-state index contributed by atoms with van der Waals surface area (Å²) in [6, 6.07) is 14.5. The van der Waals surface area contributed by atoms with Crippen LogP contribution in [0.15, 0.2) is 42.5 Å². The van der Waals surface area contributed by atoms with E-state index in [9.17, 15) is 4.79 Å². The fourth-order valence-electron chi connectivity index (χ4n) is 3.51. The molecule has 2 aliphatic heterocycles. The second kappa shape index (κ2) is 6.17. The summed E-state index contributed by atoms with van der Waals surface area (Å²) >= 11 is 0. The Bertz CT molecular complexity index is 758. The molecule has 1 saturated heterocycles. The Morgan fingerprint density at radius 1 is 1.12 bits per heavy atom. The summed E-state index contributed by atoms with van der Waals surface area (Å²) in [5, 5.41) is 6.43. The molecule has 4 rings (SSSR count). The summed E-state index contributed by atoms with van der Waals surface area (Å²) in [6.07, 6.45) is 0.527. The van der Waals surface area contributed by atoms with Crippen molar-refractivity contribution in [1.82, 2.24) is 5.32 Å². The maximum Gasteiger partial charge on any atom is 0.226 e. The molecule has 0 aliphatic carbocycles. The number of carbonyl (C=O) groups is 1. The molecule has 24 heavy (non-hydrogen) atoms. The number of rotatable bonds is 2. The smallest absolute Gasteiger partial charge is 0.226 e. The molecule has 1 amide bonds. The topological polar surface area (TPSA) is 53.6 Å². The lowest BCUT2D eigenvalue weighted by atomic mass is 10.0. The van der Waals surface area contributed by atoms with Gasteiger partial charge in [0.2, 0.25) is 5.91 Å². The number of nitrogens with zero attached hydrogens (tertiary/aromatic N) is 1. The Hall–Kier alpha value is -2.53. The standard InChI is InChI=1S/C19H21N3O2/c1-24-16-5-2-13(3-6-16)14-4-7-17-18(10-14)22-9-8-20-12-15(22)11-19(23)21-17/h2-7,10,15,20H,8-9,11-12H2,1H3,(H,21,23). The van der Waals surface area contributed by atoms with Crippen molar-refractivity contribution in [3.8, 4) is 16.9 Å². The van der Waals surface area contributed by atoms with Gasteiger partial charge in [-0.3, -0.25) is 4.79 Å². The lowest BCUT2D eigenvalue weighted by molar-refractivity contribution is -0.116. The summed E-state index contributed by atoms with van der Waals surface area (Å²) in [4.78, 5) is 14.5. The van der Waals surface area contributed by atoms with Gasteiger partial charge < -0.3 is 20.3 Å². The van der Waals surface area contributed by atoms with E-state index in [1.807, 2.05) is 18.2 Å². The first-order valence-electron chi connectivity index (χ1n) is 8.30. The lowest BCUT2D eigenvalue weighted by Crippen LogP contribution is -2.51. The van der Waals surface area contributed by atoms with Crippen molar-refractivity contribution in [2.24, 2.45) is 0 Å². The van der Waals surface area contributed by atoms with Crippen molar-refractivity contribution in [1.29, 1.82) is 0 Å². The molecule has 2 N–H and O–H groups in total. The summed E-state index contributed by atoms with van der Waals surface area (Å²) in [6.45, 7) is 2.70. The molecule has 0 bridgehead atoms. The number of hydrogen-bond donors (Lipinski definition) is 2. The van der Waals surface area contributed by atoms with E-state index in [1.165, 1.54) is 0 Å². The molecule has 0 saturated carbocycles. The van der Waals surface area contributed by atoms with Crippen molar-refractivity contribution in [3.63, 3.8) is 0 Å². The number of benzene rings is 2. The van der Waals surface area contributed by atoms with Crippen LogP contribution in [0.3, 0.4) is 0 Å². The number of fused-ring (bicyclic) bond motifs is 3. The Labute approximate surface area is 141 Å². The van der Waals surface area contributed by atoms with Gasteiger partial charge in [-0.25, -0.2) is 0 Å². The van der Waals surface area contributed by atoms with Gasteiger partial charge in [0.15, 0.2) is 0 Å². The van der Waals surface area contributed by atoms with Gasteiger partial charge in [-0.05, 0) is 35.4 Å². The lowest BCUT2D eigenvalue weighted by Gasteiger charge is -2.36. The fourth-order valence-corrected chi connectivity index (χ4v) is 3.51. The van der Waals surface area contributed by atoms with E-state index in [4.69, 9.17) is 4.74 Å². The minimum Gasteiger partial charge on any atom is -0.497 e. The molecule has 2 aromatic carbocycles. The monoisotopic (exact) mass is 323 g/mol. The summed E-state index contributed by atoms with van der Waals surface area (Å²) in [5.74, 6) is 0.938. The quantitative estimate of drug-likeness (QED) is 0.891. The van der Waals surface area contributed by atoms with Crippen LogP contribution < -0.4 is 20.3 Å². The highest BCUT2D eigenvalue weighted by Crippen LogP contribution is 2.36. The molecule has 0 radical (unpaired) electrons. The van der Waals surface area contributed by atoms with Crippen LogP contribution in [-0.4, -0.2) is 38.7 Å². The van der Waals surface area contributed by atoms with E-state index in [1.54, 1.807) is 7.11 Å². The summed E-state index contributed by atoms with van der Waals surface area (Å²) in [5.41, 5.74) is 4.30. The van der Waals surface area contributed by atoms with Crippen LogP contribution in [0.4, 0.5) is 11.4 Å². The van der Waals surface area contributed by atoms with E-state index >= 15 is 0 Å². The number of carbonyl (C=O) groups excluding carboxylic acids is 1. The third kappa shape index (κ3) is 2.71. The molecule has 2 aromatic rings. The zero-order valence-corrected chi connectivity index (χ0v) is 13.7. The highest BCUT2D eigenvalue weighted by atomic mass is 16.5. The first kappa shape index (κ1) is 15.0. The molecule has 5 heteroatoms. The molecular weight excluding hydrogens is 302 g/mol. The van der Waals surface area contributed by atoms with Crippen molar-refractivity contribution in [2.75, 3.05) is 37.0 Å². The molecule has 0 spiro atoms. The van der Waals surface area contributed by atoms with Crippen LogP contribution in [0.1, 0.15) is 6.42 Å². The summed E-state index contributed by atoms with van der Waals surface area (Å²) in [7, 11) is 1.67. The molecule has 5 nitrogen and oxygen atoms in total. The van der Waals surface area contributed by atoms with Gasteiger partial charge in [0.25, 0.3) is 0 Å². The number of ether oxygens (including phenoxy) is 1. The van der Waals surface area contributed by atoms with E-state index in [-0.39, 0.29) is 11.9 Å². The minimum atomic E-state index is 0.0876. The van der Waals surface area contributed by atoms with Gasteiger partial charge in [0.1, 0.15) is 5.75 Å². The number of methoxy groups -OCH3 is 1. The molecule has 2 heterocycles. The van der Waals surface area contributed by atoms with E-state index in [2.05, 4.69) is 39.8 Å². The molecule has 0 aromatic heterocycles. The highest BCUT2D eigenvalue weighted by molar-refractivity contribution is 5.97. The maximum absolute atomic E-state index is 12.1. The molecule has 2 aliphatic rings. The van der Waals surface area contributed by atoms with Gasteiger partial charge in [0.05, 0.1) is 24.5 Å². The van der Waals surface area contributed by atoms with Crippen LogP contribution in [0.25, 0.3) is 11.1 Å². The Balaban J connectivity index is 1.74. The maximum atomic E-state index is 12.1. The van der Waals surface area contributed by atoms with Gasteiger partial charge >= 0.3 is 0 Å². The number of amides is 1. The Morgan fingerprint density at radius 2 is 1.92 bits per heavy atom. The predicted molar refractivity (Wildman–Crippen MR) is 95.7 cm³/mol. The van der Waals surface area contributed by atoms with E-state index < -0.39 is 0 Å². The third-order valence-electron chi connectivity index (χ3n) is 4.78. The van der Waals surface area contributed by atoms with Crippen LogP contribution >= 0.6 is 0 Å².